The van der Waals surface area contributed by atoms with Gasteiger partial charge in [-0.05, 0) is 18.4 Å². The van der Waals surface area contributed by atoms with Gasteiger partial charge in [0, 0.05) is 17.0 Å². The van der Waals surface area contributed by atoms with Crippen LogP contribution in [0.1, 0.15) is 35.4 Å². The minimum atomic E-state index is -0.798. The molecular formula is C18H16N2O2. The van der Waals surface area contributed by atoms with E-state index in [1.54, 1.807) is 0 Å². The van der Waals surface area contributed by atoms with Crippen molar-refractivity contribution in [2.75, 3.05) is 0 Å². The van der Waals surface area contributed by atoms with Crippen LogP contribution in [0.3, 0.4) is 0 Å². The largest absolute Gasteiger partial charge is 0.494 e. The molecule has 3 aliphatic rings. The molecule has 4 heteroatoms. The molecule has 0 aliphatic heterocycles. The molecule has 0 radical (unpaired) electrons. The fraction of sp³-hybridized carbons (Fsp3) is 0.278. The van der Waals surface area contributed by atoms with Crippen LogP contribution in [0.15, 0.2) is 42.5 Å². The smallest absolute Gasteiger partial charge is 0.199 e. The molecule has 2 bridgehead atoms. The Hall–Kier alpha value is -2.67. The minimum Gasteiger partial charge on any atom is -0.494 e. The highest BCUT2D eigenvalue weighted by Gasteiger charge is 2.47. The zero-order valence-corrected chi connectivity index (χ0v) is 12.0. The molecule has 2 aromatic rings. The molecular weight excluding hydrogens is 276 g/mol. The van der Waals surface area contributed by atoms with Crippen molar-refractivity contribution in [1.29, 1.82) is 5.26 Å². The summed E-state index contributed by atoms with van der Waals surface area (Å²) in [4.78, 5) is 0. The van der Waals surface area contributed by atoms with Crippen LogP contribution in [0.4, 0.5) is 0 Å². The maximum atomic E-state index is 10.7. The van der Waals surface area contributed by atoms with Gasteiger partial charge in [0.1, 0.15) is 5.41 Å². The van der Waals surface area contributed by atoms with Gasteiger partial charge in [0.25, 0.3) is 0 Å². The van der Waals surface area contributed by atoms with Gasteiger partial charge in [-0.1, -0.05) is 42.5 Å². The lowest BCUT2D eigenvalue weighted by atomic mass is 9.64. The van der Waals surface area contributed by atoms with Crippen molar-refractivity contribution >= 4 is 0 Å². The van der Waals surface area contributed by atoms with Crippen molar-refractivity contribution in [2.45, 2.75) is 30.7 Å². The number of aromatic nitrogens is 1. The number of hydrogen-bond acceptors (Lipinski definition) is 3. The molecule has 0 amide bonds. The highest BCUT2D eigenvalue weighted by molar-refractivity contribution is 5.62. The number of benzene rings is 1. The number of allylic oxidation sites excluding steroid dienone is 2. The molecule has 2 unspecified atom stereocenters. The standard InChI is InChI=1S/C18H16N2O2/c19-11-18-8-6-13(7-9-18)14-15(18)17(22)20(16(14)21)10-12-4-2-1-3-5-12/h1-6,8,13,21-22H,7,9-10H2. The third-order valence-corrected chi connectivity index (χ3v) is 4.91. The van der Waals surface area contributed by atoms with Gasteiger partial charge >= 0.3 is 0 Å². The van der Waals surface area contributed by atoms with E-state index in [1.165, 1.54) is 4.57 Å². The number of hydrogen-bond donors (Lipinski definition) is 2. The summed E-state index contributed by atoms with van der Waals surface area (Å²) < 4.78 is 1.51. The first-order chi connectivity index (χ1) is 10.7. The third kappa shape index (κ3) is 1.57. The average molecular weight is 292 g/mol. The van der Waals surface area contributed by atoms with Crippen molar-refractivity contribution in [2.24, 2.45) is 0 Å². The molecule has 3 aliphatic carbocycles. The van der Waals surface area contributed by atoms with Crippen LogP contribution < -0.4 is 0 Å². The Morgan fingerprint density at radius 2 is 2.00 bits per heavy atom. The Morgan fingerprint density at radius 3 is 2.64 bits per heavy atom. The Balaban J connectivity index is 1.88. The number of nitrogens with zero attached hydrogens (tertiary/aromatic N) is 2. The molecule has 0 spiro atoms. The van der Waals surface area contributed by atoms with Gasteiger partial charge in [-0.25, -0.2) is 0 Å². The van der Waals surface area contributed by atoms with Crippen molar-refractivity contribution < 1.29 is 10.2 Å². The monoisotopic (exact) mass is 292 g/mol. The number of aromatic hydroxyl groups is 2. The molecule has 2 N–H and O–H groups in total. The van der Waals surface area contributed by atoms with Gasteiger partial charge in [-0.2, -0.15) is 5.26 Å². The van der Waals surface area contributed by atoms with Crippen molar-refractivity contribution in [3.05, 3.63) is 59.2 Å². The van der Waals surface area contributed by atoms with E-state index >= 15 is 0 Å². The van der Waals surface area contributed by atoms with Crippen molar-refractivity contribution in [1.82, 2.24) is 4.57 Å². The predicted octanol–water partition coefficient (Wildman–Crippen LogP) is 3.16. The summed E-state index contributed by atoms with van der Waals surface area (Å²) in [6.45, 7) is 0.389. The van der Waals surface area contributed by atoms with E-state index in [4.69, 9.17) is 0 Å². The molecule has 0 saturated carbocycles. The quantitative estimate of drug-likeness (QED) is 0.835. The molecule has 1 aromatic carbocycles. The maximum Gasteiger partial charge on any atom is 0.199 e. The van der Waals surface area contributed by atoms with Crippen LogP contribution in [0, 0.1) is 11.3 Å². The summed E-state index contributed by atoms with van der Waals surface area (Å²) >= 11 is 0. The van der Waals surface area contributed by atoms with Gasteiger partial charge in [0.2, 0.25) is 0 Å². The van der Waals surface area contributed by atoms with Gasteiger partial charge in [-0.3, -0.25) is 4.57 Å². The summed E-state index contributed by atoms with van der Waals surface area (Å²) in [6, 6.07) is 12.0. The second kappa shape index (κ2) is 4.41. The zero-order valence-electron chi connectivity index (χ0n) is 12.0. The van der Waals surface area contributed by atoms with Gasteiger partial charge in [-0.15, -0.1) is 0 Å². The summed E-state index contributed by atoms with van der Waals surface area (Å²) in [5.74, 6) is 0.199. The zero-order chi connectivity index (χ0) is 15.3. The summed E-state index contributed by atoms with van der Waals surface area (Å²) in [6.07, 6.45) is 5.40. The molecule has 1 heterocycles. The first-order valence-electron chi connectivity index (χ1n) is 7.45. The van der Waals surface area contributed by atoms with E-state index in [0.29, 0.717) is 18.5 Å². The molecule has 4 nitrogen and oxygen atoms in total. The van der Waals surface area contributed by atoms with E-state index in [2.05, 4.69) is 6.07 Å². The van der Waals surface area contributed by atoms with Gasteiger partial charge in [0.15, 0.2) is 11.8 Å². The SMILES string of the molecule is N#CC12C=CC(CC1)c1c2c(O)n(Cc2ccccc2)c1O. The molecule has 22 heavy (non-hydrogen) atoms. The molecule has 0 fully saturated rings. The molecule has 5 rings (SSSR count). The summed E-state index contributed by atoms with van der Waals surface area (Å²) in [5, 5.41) is 30.9. The second-order valence-corrected chi connectivity index (χ2v) is 6.10. The Kier molecular flexibility index (Phi) is 2.61. The Labute approximate surface area is 128 Å². The lowest BCUT2D eigenvalue weighted by Crippen LogP contribution is -2.31. The fourth-order valence-electron chi connectivity index (χ4n) is 3.76. The number of fused-ring (bicyclic) bond motifs is 1. The molecule has 110 valence electrons. The van der Waals surface area contributed by atoms with E-state index in [9.17, 15) is 15.5 Å². The maximum absolute atomic E-state index is 10.7. The van der Waals surface area contributed by atoms with Crippen LogP contribution in [0.25, 0.3) is 0 Å². The number of nitriles is 1. The third-order valence-electron chi connectivity index (χ3n) is 4.91. The van der Waals surface area contributed by atoms with E-state index in [0.717, 1.165) is 17.5 Å². The summed E-state index contributed by atoms with van der Waals surface area (Å²) in [5.41, 5.74) is 1.52. The van der Waals surface area contributed by atoms with Crippen LogP contribution in [-0.2, 0) is 12.0 Å². The lowest BCUT2D eigenvalue weighted by Gasteiger charge is -2.36. The van der Waals surface area contributed by atoms with E-state index in [-0.39, 0.29) is 17.7 Å². The van der Waals surface area contributed by atoms with E-state index < -0.39 is 5.41 Å². The van der Waals surface area contributed by atoms with Crippen LogP contribution >= 0.6 is 0 Å². The van der Waals surface area contributed by atoms with Crippen molar-refractivity contribution in [3.8, 4) is 17.8 Å². The van der Waals surface area contributed by atoms with Gasteiger partial charge in [0.05, 0.1) is 12.6 Å². The first kappa shape index (κ1) is 13.0. The molecule has 1 aromatic heterocycles. The lowest BCUT2D eigenvalue weighted by molar-refractivity contribution is 0.373. The average Bonchev–Trinajstić information content (AvgIpc) is 2.84. The fourth-order valence-corrected chi connectivity index (χ4v) is 3.76. The Morgan fingerprint density at radius 1 is 1.23 bits per heavy atom. The second-order valence-electron chi connectivity index (χ2n) is 6.10. The van der Waals surface area contributed by atoms with Crippen molar-refractivity contribution in [3.63, 3.8) is 0 Å². The highest BCUT2D eigenvalue weighted by Crippen LogP contribution is 2.56. The number of rotatable bonds is 2. The predicted molar refractivity (Wildman–Crippen MR) is 81.7 cm³/mol. The first-order valence-corrected chi connectivity index (χ1v) is 7.45. The minimum absolute atomic E-state index is 0.0203. The normalized spacial score (nSPS) is 25.0. The molecule has 0 saturated heterocycles. The van der Waals surface area contributed by atoms with Crippen LogP contribution in [0.2, 0.25) is 0 Å². The van der Waals surface area contributed by atoms with Gasteiger partial charge < -0.3 is 10.2 Å². The highest BCUT2D eigenvalue weighted by atomic mass is 16.3. The van der Waals surface area contributed by atoms with Crippen LogP contribution in [-0.4, -0.2) is 14.8 Å². The topological polar surface area (TPSA) is 69.2 Å². The summed E-state index contributed by atoms with van der Waals surface area (Å²) in [7, 11) is 0. The van der Waals surface area contributed by atoms with Crippen LogP contribution in [0.5, 0.6) is 11.8 Å². The van der Waals surface area contributed by atoms with E-state index in [1.807, 2.05) is 42.5 Å². The Bertz CT molecular complexity index is 814. The molecule has 2 atom stereocenters.